The number of para-hydroxylation sites is 1. The van der Waals surface area contributed by atoms with Crippen LogP contribution < -0.4 is 9.73 Å². The fraction of sp³-hybridized carbons (Fsp3) is 0.217. The van der Waals surface area contributed by atoms with Crippen molar-refractivity contribution in [3.63, 3.8) is 0 Å². The second kappa shape index (κ2) is 9.70. The van der Waals surface area contributed by atoms with E-state index in [9.17, 15) is 13.2 Å². The average Bonchev–Trinajstić information content (AvgIpc) is 3.00. The van der Waals surface area contributed by atoms with Gasteiger partial charge in [-0.3, -0.25) is 9.10 Å². The lowest BCUT2D eigenvalue weighted by molar-refractivity contribution is -0.119. The average molecular weight is 517 g/mol. The van der Waals surface area contributed by atoms with Crippen molar-refractivity contribution in [3.8, 4) is 5.69 Å². The molecule has 7 nitrogen and oxygen atoms in total. The molecule has 0 aliphatic rings. The maximum absolute atomic E-state index is 12.4. The van der Waals surface area contributed by atoms with E-state index in [0.717, 1.165) is 43.2 Å². The van der Waals surface area contributed by atoms with Crippen molar-refractivity contribution in [1.82, 2.24) is 9.99 Å². The predicted octanol–water partition coefficient (Wildman–Crippen LogP) is 4.08. The van der Waals surface area contributed by atoms with Gasteiger partial charge < -0.3 is 4.57 Å². The molecule has 0 saturated heterocycles. The van der Waals surface area contributed by atoms with Gasteiger partial charge in [0.15, 0.2) is 0 Å². The van der Waals surface area contributed by atoms with E-state index in [1.54, 1.807) is 31.3 Å². The van der Waals surface area contributed by atoms with E-state index < -0.39 is 15.9 Å². The number of aromatic nitrogens is 1. The number of nitrogens with zero attached hydrogens (tertiary/aromatic N) is 3. The molecule has 0 aliphatic carbocycles. The van der Waals surface area contributed by atoms with Gasteiger partial charge in [0.2, 0.25) is 10.0 Å². The van der Waals surface area contributed by atoms with Crippen LogP contribution in [0.4, 0.5) is 5.69 Å². The van der Waals surface area contributed by atoms with Crippen LogP contribution in [0, 0.1) is 20.8 Å². The highest BCUT2D eigenvalue weighted by molar-refractivity contribution is 9.10. The number of hydrazone groups is 1. The Hall–Kier alpha value is -2.91. The number of benzene rings is 2. The maximum Gasteiger partial charge on any atom is 0.260 e. The highest BCUT2D eigenvalue weighted by atomic mass is 79.9. The molecule has 0 spiro atoms. The Morgan fingerprint density at radius 1 is 1.12 bits per heavy atom. The minimum atomic E-state index is -3.64. The molecule has 1 N–H and O–H groups in total. The van der Waals surface area contributed by atoms with Gasteiger partial charge in [0.25, 0.3) is 5.91 Å². The van der Waals surface area contributed by atoms with Gasteiger partial charge in [0.1, 0.15) is 6.54 Å². The van der Waals surface area contributed by atoms with Gasteiger partial charge in [-0.15, -0.1) is 0 Å². The first-order valence-electron chi connectivity index (χ1n) is 9.88. The summed E-state index contributed by atoms with van der Waals surface area (Å²) in [6, 6.07) is 17.0. The monoisotopic (exact) mass is 516 g/mol. The van der Waals surface area contributed by atoms with E-state index in [4.69, 9.17) is 0 Å². The molecule has 32 heavy (non-hydrogen) atoms. The number of carbonyl (C=O) groups excluding carboxylic acids is 1. The second-order valence-electron chi connectivity index (χ2n) is 7.49. The zero-order chi connectivity index (χ0) is 23.5. The van der Waals surface area contributed by atoms with Crippen LogP contribution in [0.1, 0.15) is 22.5 Å². The van der Waals surface area contributed by atoms with Gasteiger partial charge in [-0.05, 0) is 62.7 Å². The zero-order valence-electron chi connectivity index (χ0n) is 18.3. The number of halogens is 1. The van der Waals surface area contributed by atoms with Crippen LogP contribution in [0.2, 0.25) is 0 Å². The molecule has 168 valence electrons. The highest BCUT2D eigenvalue weighted by Crippen LogP contribution is 2.22. The molecule has 0 aliphatic heterocycles. The van der Waals surface area contributed by atoms with Crippen LogP contribution in [0.15, 0.2) is 64.2 Å². The number of hydrogen-bond acceptors (Lipinski definition) is 4. The molecule has 1 amide bonds. The Bertz CT molecular complexity index is 1260. The number of amides is 1. The van der Waals surface area contributed by atoms with Gasteiger partial charge in [0.05, 0.1) is 18.2 Å². The summed E-state index contributed by atoms with van der Waals surface area (Å²) < 4.78 is 28.7. The molecule has 0 unspecified atom stereocenters. The van der Waals surface area contributed by atoms with E-state index in [0.29, 0.717) is 5.69 Å². The van der Waals surface area contributed by atoms with Crippen LogP contribution in [0.3, 0.4) is 0 Å². The van der Waals surface area contributed by atoms with Crippen LogP contribution in [-0.2, 0) is 14.8 Å². The van der Waals surface area contributed by atoms with Gasteiger partial charge in [-0.25, -0.2) is 13.8 Å². The lowest BCUT2D eigenvalue weighted by Crippen LogP contribution is -2.39. The summed E-state index contributed by atoms with van der Waals surface area (Å²) in [7, 11) is -3.64. The number of aryl methyl sites for hydroxylation is 2. The molecule has 0 bridgehead atoms. The smallest absolute Gasteiger partial charge is 0.260 e. The van der Waals surface area contributed by atoms with E-state index in [-0.39, 0.29) is 6.54 Å². The summed E-state index contributed by atoms with van der Waals surface area (Å²) in [5.74, 6) is -0.531. The maximum atomic E-state index is 12.4. The van der Waals surface area contributed by atoms with Crippen LogP contribution >= 0.6 is 15.9 Å². The van der Waals surface area contributed by atoms with E-state index in [2.05, 4.69) is 31.0 Å². The molecule has 0 atom stereocenters. The predicted molar refractivity (Wildman–Crippen MR) is 132 cm³/mol. The second-order valence-corrected chi connectivity index (χ2v) is 10.3. The Kier molecular flexibility index (Phi) is 7.20. The van der Waals surface area contributed by atoms with Crippen molar-refractivity contribution in [2.24, 2.45) is 5.10 Å². The molecular formula is C23H25BrN4O3S. The van der Waals surface area contributed by atoms with Crippen molar-refractivity contribution in [2.45, 2.75) is 20.8 Å². The summed E-state index contributed by atoms with van der Waals surface area (Å²) in [5.41, 5.74) is 7.53. The van der Waals surface area contributed by atoms with Crippen molar-refractivity contribution in [3.05, 3.63) is 81.6 Å². The molecule has 0 radical (unpaired) electrons. The molecular weight excluding hydrogens is 492 g/mol. The Morgan fingerprint density at radius 3 is 2.41 bits per heavy atom. The van der Waals surface area contributed by atoms with E-state index >= 15 is 0 Å². The third-order valence-electron chi connectivity index (χ3n) is 5.02. The Morgan fingerprint density at radius 2 is 1.78 bits per heavy atom. The first-order chi connectivity index (χ1) is 15.1. The normalized spacial score (nSPS) is 11.7. The summed E-state index contributed by atoms with van der Waals surface area (Å²) >= 11 is 3.44. The number of anilines is 1. The van der Waals surface area contributed by atoms with Gasteiger partial charge in [-0.1, -0.05) is 34.1 Å². The van der Waals surface area contributed by atoms with Crippen molar-refractivity contribution < 1.29 is 13.2 Å². The third kappa shape index (κ3) is 5.46. The van der Waals surface area contributed by atoms with E-state index in [1.165, 1.54) is 0 Å². The first-order valence-corrected chi connectivity index (χ1v) is 12.5. The van der Waals surface area contributed by atoms with Crippen molar-refractivity contribution in [2.75, 3.05) is 17.1 Å². The summed E-state index contributed by atoms with van der Waals surface area (Å²) in [5, 5.41) is 4.05. The van der Waals surface area contributed by atoms with E-state index in [1.807, 2.05) is 50.2 Å². The lowest BCUT2D eigenvalue weighted by Gasteiger charge is -2.23. The van der Waals surface area contributed by atoms with Crippen LogP contribution in [0.25, 0.3) is 5.69 Å². The van der Waals surface area contributed by atoms with Gasteiger partial charge in [-0.2, -0.15) is 5.10 Å². The van der Waals surface area contributed by atoms with Gasteiger partial charge >= 0.3 is 0 Å². The number of hydrogen-bond donors (Lipinski definition) is 1. The molecule has 1 heterocycles. The molecule has 9 heteroatoms. The fourth-order valence-corrected chi connectivity index (χ4v) is 4.65. The molecule has 2 aromatic carbocycles. The Balaban J connectivity index is 1.74. The molecule has 3 rings (SSSR count). The van der Waals surface area contributed by atoms with Gasteiger partial charge in [0, 0.05) is 27.1 Å². The van der Waals surface area contributed by atoms with Crippen molar-refractivity contribution in [1.29, 1.82) is 0 Å². The third-order valence-corrected chi connectivity index (χ3v) is 6.67. The number of rotatable bonds is 7. The Labute approximate surface area is 196 Å². The zero-order valence-corrected chi connectivity index (χ0v) is 20.7. The molecule has 1 aromatic heterocycles. The standard InChI is InChI=1S/C23H25BrN4O3S/c1-16-7-5-6-8-22(16)27(32(4,30)31)15-23(29)26-25-14-19-13-17(2)28(18(19)3)21-11-9-20(24)10-12-21/h5-14H,15H2,1-4H3,(H,26,29)/b25-14-. The summed E-state index contributed by atoms with van der Waals surface area (Å²) in [6.07, 6.45) is 2.64. The number of nitrogens with one attached hydrogen (secondary N) is 1. The molecule has 3 aromatic rings. The highest BCUT2D eigenvalue weighted by Gasteiger charge is 2.22. The van der Waals surface area contributed by atoms with Crippen LogP contribution in [-0.4, -0.2) is 37.9 Å². The fourth-order valence-electron chi connectivity index (χ4n) is 3.47. The molecule has 0 fully saturated rings. The van der Waals surface area contributed by atoms with Crippen LogP contribution in [0.5, 0.6) is 0 Å². The largest absolute Gasteiger partial charge is 0.318 e. The van der Waals surface area contributed by atoms with Crippen molar-refractivity contribution >= 4 is 43.8 Å². The first kappa shape index (κ1) is 23.7. The lowest BCUT2D eigenvalue weighted by atomic mass is 10.2. The number of sulfonamides is 1. The minimum absolute atomic E-state index is 0.362. The minimum Gasteiger partial charge on any atom is -0.318 e. The summed E-state index contributed by atoms with van der Waals surface area (Å²) in [6.45, 7) is 5.41. The quantitative estimate of drug-likeness (QED) is 0.379. The topological polar surface area (TPSA) is 83.8 Å². The molecule has 0 saturated carbocycles. The SMILES string of the molecule is Cc1ccccc1N(CC(=O)N/N=C\c1cc(C)n(-c2ccc(Br)cc2)c1C)S(C)(=O)=O. The number of carbonyl (C=O) groups is 1. The summed E-state index contributed by atoms with van der Waals surface area (Å²) in [4.78, 5) is 12.4.